The van der Waals surface area contributed by atoms with E-state index in [1.54, 1.807) is 23.5 Å². The Kier molecular flexibility index (Phi) is 25.4. The van der Waals surface area contributed by atoms with Crippen molar-refractivity contribution in [3.63, 3.8) is 0 Å². The minimum absolute atomic E-state index is 0.0202. The molecular weight excluding hydrogens is 1190 g/mol. The first-order valence-corrected chi connectivity index (χ1v) is 33.2. The highest BCUT2D eigenvalue weighted by Gasteiger charge is 2.60. The summed E-state index contributed by atoms with van der Waals surface area (Å²) >= 11 is 2.27. The summed E-state index contributed by atoms with van der Waals surface area (Å²) in [6.07, 6.45) is 7.14. The molecule has 86 heavy (non-hydrogen) atoms. The van der Waals surface area contributed by atoms with Gasteiger partial charge in [0.1, 0.15) is 36.7 Å². The first-order chi connectivity index (χ1) is 40.3. The fraction of sp³-hybridized carbons (Fsp3) is 0.569. The highest BCUT2D eigenvalue weighted by molar-refractivity contribution is 8.14. The Hall–Kier alpha value is -4.41. The zero-order chi connectivity index (χ0) is 63.3. The number of benzene rings is 2. The van der Waals surface area contributed by atoms with E-state index in [-0.39, 0.29) is 49.7 Å². The number of ether oxygens (including phenoxy) is 6. The maximum absolute atomic E-state index is 13.9. The van der Waals surface area contributed by atoms with Gasteiger partial charge in [-0.25, -0.2) is 19.3 Å². The number of allylic oxidation sites excluding steroid dienone is 2. The van der Waals surface area contributed by atoms with Gasteiger partial charge >= 0.3 is 15.5 Å². The van der Waals surface area contributed by atoms with E-state index in [2.05, 4.69) is 10.2 Å². The van der Waals surface area contributed by atoms with Crippen LogP contribution in [0.4, 0.5) is 0 Å². The van der Waals surface area contributed by atoms with Gasteiger partial charge in [-0.3, -0.25) is 42.2 Å². The molecule has 28 heteroatoms. The highest BCUT2D eigenvalue weighted by atomic mass is 32.2. The number of hydrogen-bond donors (Lipinski definition) is 5. The molecule has 24 nitrogen and oxygen atoms in total. The number of primary amides is 2. The lowest BCUT2D eigenvalue weighted by atomic mass is 9.99. The van der Waals surface area contributed by atoms with Crippen molar-refractivity contribution in [1.29, 1.82) is 0 Å². The summed E-state index contributed by atoms with van der Waals surface area (Å²) in [5.41, 5.74) is 12.8. The Morgan fingerprint density at radius 3 is 1.56 bits per heavy atom. The number of nitrogens with zero attached hydrogens (tertiary/aromatic N) is 1. The average Bonchev–Trinajstić information content (AvgIpc) is 1.68. The molecule has 11 unspecified atom stereocenters. The van der Waals surface area contributed by atoms with Crippen molar-refractivity contribution in [3.8, 4) is 0 Å². The molecule has 2 aromatic carbocycles. The van der Waals surface area contributed by atoms with Crippen LogP contribution in [-0.4, -0.2) is 132 Å². The maximum Gasteiger partial charge on any atom is 0.405 e. The van der Waals surface area contributed by atoms with Crippen molar-refractivity contribution in [2.45, 2.75) is 163 Å². The summed E-state index contributed by atoms with van der Waals surface area (Å²) in [5, 5.41) is 14.8. The van der Waals surface area contributed by atoms with Crippen molar-refractivity contribution in [2.24, 2.45) is 22.3 Å². The van der Waals surface area contributed by atoms with Crippen molar-refractivity contribution in [1.82, 2.24) is 15.1 Å². The number of quaternary nitrogens is 1. The van der Waals surface area contributed by atoms with Crippen LogP contribution in [0.15, 0.2) is 109 Å². The molecule has 2 aromatic rings. The van der Waals surface area contributed by atoms with E-state index in [9.17, 15) is 28.3 Å². The van der Waals surface area contributed by atoms with Crippen molar-refractivity contribution >= 4 is 67.0 Å². The van der Waals surface area contributed by atoms with Crippen LogP contribution in [0.2, 0.25) is 0 Å². The second kappa shape index (κ2) is 30.9. The average molecular weight is 1280 g/mol. The van der Waals surface area contributed by atoms with E-state index >= 15 is 0 Å². The van der Waals surface area contributed by atoms with E-state index in [1.165, 1.54) is 0 Å². The Balaban J connectivity index is 0.000000259. The Morgan fingerprint density at radius 2 is 1.09 bits per heavy atom. The molecule has 4 fully saturated rings. The minimum Gasteiger partial charge on any atom is -0.550 e. The number of aliphatic carboxylic acids is 1. The predicted octanol–water partition coefficient (Wildman–Crippen LogP) is 5.45. The summed E-state index contributed by atoms with van der Waals surface area (Å²) in [4.78, 5) is 59.5. The molecule has 0 aromatic heterocycles. The second-order valence-electron chi connectivity index (χ2n) is 23.6. The molecule has 6 aliphatic heterocycles. The number of carbonyl (C=O) groups excluding carboxylic acids is 5. The number of carbonyl (C=O) groups is 5. The molecule has 8 rings (SSSR count). The Labute approximate surface area is 512 Å². The number of carboxylic acids is 1. The summed E-state index contributed by atoms with van der Waals surface area (Å²) in [7, 11) is -7.66. The third kappa shape index (κ3) is 21.4. The summed E-state index contributed by atoms with van der Waals surface area (Å²) in [6, 6.07) is 18.9. The minimum atomic E-state index is -3.83. The van der Waals surface area contributed by atoms with Crippen LogP contribution in [0.25, 0.3) is 0 Å². The number of nitrogens with two attached hydrogens (primary N) is 2. The first-order valence-electron chi connectivity index (χ1n) is 28.1. The molecule has 11 atom stereocenters. The van der Waals surface area contributed by atoms with Gasteiger partial charge in [0, 0.05) is 65.8 Å². The van der Waals surface area contributed by atoms with E-state index in [0.717, 1.165) is 46.5 Å². The normalized spacial score (nSPS) is 26.7. The van der Waals surface area contributed by atoms with Gasteiger partial charge in [0.15, 0.2) is 34.1 Å². The monoisotopic (exact) mass is 1280 g/mol. The summed E-state index contributed by atoms with van der Waals surface area (Å²) in [6.45, 7) is 19.7. The smallest absolute Gasteiger partial charge is 0.405 e. The molecule has 7 N–H and O–H groups in total. The predicted molar refractivity (Wildman–Crippen MR) is 320 cm³/mol. The van der Waals surface area contributed by atoms with E-state index < -0.39 is 105 Å². The standard InChI is InChI=1S/2C28H40N3O8PS.C2H4O2/c2*1-27(2,3)26(33)41-15-14-35-40(34,30-16-19-10-7-6-8-11-19)36-18-21-22-23(39-28(4,5)38-22)25(37-21)31-13-9-12-20(17-31)24(29)32;1-2(3)4/h2*6-11,13,17,21-23,25H,12,14-16,18H2,1-5H3,(H2,29,32)(H,30,34);1H3,(H,3,4). The van der Waals surface area contributed by atoms with E-state index in [4.69, 9.17) is 67.9 Å². The molecule has 0 bridgehead atoms. The molecule has 476 valence electrons. The number of nitrogens with one attached hydrogen (secondary N) is 3. The topological polar surface area (TPSA) is 319 Å². The molecule has 4 saturated heterocycles. The fourth-order valence-corrected chi connectivity index (χ4v) is 13.6. The van der Waals surface area contributed by atoms with E-state index in [0.29, 0.717) is 35.5 Å². The number of fused-ring (bicyclic) bond motifs is 2. The zero-order valence-electron chi connectivity index (χ0n) is 50.6. The third-order valence-corrected chi connectivity index (χ3v) is 18.9. The quantitative estimate of drug-likeness (QED) is 0.0644. The summed E-state index contributed by atoms with van der Waals surface area (Å²) in [5.74, 6) is -3.18. The molecule has 0 saturated carbocycles. The van der Waals surface area contributed by atoms with Crippen LogP contribution >= 0.6 is 39.0 Å². The van der Waals surface area contributed by atoms with Crippen LogP contribution in [-0.2, 0) is 92.7 Å². The second-order valence-corrected chi connectivity index (χ2v) is 29.4. The summed E-state index contributed by atoms with van der Waals surface area (Å²) < 4.78 is 88.3. The number of hydrogen-bond acceptors (Lipinski definition) is 21. The number of amides is 2. The lowest BCUT2D eigenvalue weighted by molar-refractivity contribution is -0.853. The van der Waals surface area contributed by atoms with Gasteiger partial charge in [-0.2, -0.15) is 0 Å². The SMILES string of the molecule is CC(=O)[O-].CC1(C)OC2C(COP(=O)(NCc3ccccc3)OCCSC(=O)C(C)(C)C)OC(N3C=CCC(C(N)=O)=C3)C2O1.CC1(C)OC2C(COP(=O)(NCc3ccccc3)OCCSC(=O)C(C)(C)C)OC([NH+]3C=CCC(C(N)=O)=C3)C2O1. The van der Waals surface area contributed by atoms with Crippen LogP contribution in [0.5, 0.6) is 0 Å². The molecule has 0 aliphatic carbocycles. The van der Waals surface area contributed by atoms with Gasteiger partial charge in [-0.1, -0.05) is 132 Å². The molecule has 6 aliphatic rings. The molecular formula is C58H84N6O18P2S2. The molecule has 2 amide bonds. The fourth-order valence-electron chi connectivity index (χ4n) is 9.18. The van der Waals surface area contributed by atoms with Gasteiger partial charge in [-0.15, -0.1) is 0 Å². The Bertz CT molecular complexity index is 2700. The zero-order valence-corrected chi connectivity index (χ0v) is 54.0. The van der Waals surface area contributed by atoms with Crippen molar-refractivity contribution in [2.75, 3.05) is 37.9 Å². The lowest BCUT2D eigenvalue weighted by Gasteiger charge is -2.31. The first kappa shape index (κ1) is 70.7. The van der Waals surface area contributed by atoms with Crippen LogP contribution in [0.1, 0.15) is 100 Å². The molecule has 0 radical (unpaired) electrons. The Morgan fingerprint density at radius 1 is 0.663 bits per heavy atom. The van der Waals surface area contributed by atoms with Gasteiger partial charge in [0.05, 0.1) is 38.2 Å². The van der Waals surface area contributed by atoms with Gasteiger partial charge < -0.3 is 54.7 Å². The third-order valence-electron chi connectivity index (χ3n) is 13.3. The van der Waals surface area contributed by atoms with Gasteiger partial charge in [0.2, 0.25) is 18.0 Å². The highest BCUT2D eigenvalue weighted by Crippen LogP contribution is 2.49. The van der Waals surface area contributed by atoms with Gasteiger partial charge in [-0.05, 0) is 58.2 Å². The van der Waals surface area contributed by atoms with Gasteiger partial charge in [0.25, 0.3) is 0 Å². The maximum atomic E-state index is 13.9. The number of rotatable bonds is 24. The number of thioether (sulfide) groups is 2. The van der Waals surface area contributed by atoms with Crippen LogP contribution in [0, 0.1) is 10.8 Å². The lowest BCUT2D eigenvalue weighted by Crippen LogP contribution is -3.09. The largest absolute Gasteiger partial charge is 0.550 e. The van der Waals surface area contributed by atoms with E-state index in [1.807, 2.05) is 148 Å². The van der Waals surface area contributed by atoms with Crippen LogP contribution < -0.4 is 31.6 Å². The molecule has 0 spiro atoms. The van der Waals surface area contributed by atoms with Crippen LogP contribution in [0.3, 0.4) is 0 Å². The van der Waals surface area contributed by atoms with Crippen molar-refractivity contribution < 1.29 is 89.6 Å². The van der Waals surface area contributed by atoms with Crippen molar-refractivity contribution in [3.05, 3.63) is 120 Å². The molecule has 6 heterocycles. The number of carboxylic acid groups (broad SMARTS) is 1.